The van der Waals surface area contributed by atoms with Crippen molar-refractivity contribution in [2.24, 2.45) is 0 Å². The van der Waals surface area contributed by atoms with Gasteiger partial charge in [-0.25, -0.2) is 0 Å². The van der Waals surface area contributed by atoms with Crippen LogP contribution in [0.3, 0.4) is 0 Å². The first-order valence-corrected chi connectivity index (χ1v) is 7.91. The Hall–Kier alpha value is -1.49. The van der Waals surface area contributed by atoms with Gasteiger partial charge in [0.25, 0.3) is 0 Å². The van der Waals surface area contributed by atoms with Crippen molar-refractivity contribution in [2.45, 2.75) is 6.92 Å². The first-order chi connectivity index (χ1) is 10.1. The Balaban J connectivity index is 2.09. The fourth-order valence-electron chi connectivity index (χ4n) is 2.18. The number of carbonyl (C=O) groups excluding carboxylic acids is 1. The van der Waals surface area contributed by atoms with Gasteiger partial charge in [-0.05, 0) is 31.2 Å². The number of aromatic amines is 1. The fraction of sp³-hybridized carbons (Fsp3) is 0.133. The van der Waals surface area contributed by atoms with Gasteiger partial charge in [0.05, 0.1) is 16.5 Å². The van der Waals surface area contributed by atoms with E-state index in [1.807, 2.05) is 25.1 Å². The molecule has 0 aliphatic carbocycles. The Morgan fingerprint density at radius 2 is 2.10 bits per heavy atom. The normalized spacial score (nSPS) is 11.0. The van der Waals surface area contributed by atoms with Crippen LogP contribution in [0.25, 0.3) is 10.9 Å². The van der Waals surface area contributed by atoms with E-state index >= 15 is 0 Å². The van der Waals surface area contributed by atoms with E-state index in [0.29, 0.717) is 26.4 Å². The second-order valence-corrected chi connectivity index (χ2v) is 6.70. The van der Waals surface area contributed by atoms with Crippen LogP contribution in [0.2, 0.25) is 8.67 Å². The molecule has 0 spiro atoms. The minimum Gasteiger partial charge on any atom is -0.494 e. The molecule has 0 saturated carbocycles. The van der Waals surface area contributed by atoms with E-state index in [1.54, 1.807) is 12.3 Å². The van der Waals surface area contributed by atoms with Gasteiger partial charge in [-0.2, -0.15) is 0 Å². The maximum Gasteiger partial charge on any atom is 0.197 e. The highest BCUT2D eigenvalue weighted by atomic mass is 35.5. The minimum absolute atomic E-state index is 0.150. The second kappa shape index (κ2) is 5.72. The standard InChI is InChI=1S/C15H11Cl2NO2S/c1-2-20-8-3-4-12-9(5-8)11(7-18-12)14(19)10-6-13(16)21-15(10)17/h3-7,18H,2H2,1H3. The number of benzene rings is 1. The summed E-state index contributed by atoms with van der Waals surface area (Å²) in [4.78, 5) is 15.7. The van der Waals surface area contributed by atoms with E-state index in [1.165, 1.54) is 11.3 Å². The summed E-state index contributed by atoms with van der Waals surface area (Å²) in [5.41, 5.74) is 1.86. The van der Waals surface area contributed by atoms with Crippen molar-refractivity contribution in [1.82, 2.24) is 4.98 Å². The summed E-state index contributed by atoms with van der Waals surface area (Å²) in [6.07, 6.45) is 1.69. The largest absolute Gasteiger partial charge is 0.494 e. The molecule has 1 N–H and O–H groups in total. The van der Waals surface area contributed by atoms with Gasteiger partial charge >= 0.3 is 0 Å². The third kappa shape index (κ3) is 2.67. The molecule has 0 aliphatic rings. The molecule has 0 unspecified atom stereocenters. The molecule has 0 bridgehead atoms. The van der Waals surface area contributed by atoms with Gasteiger partial charge < -0.3 is 9.72 Å². The number of rotatable bonds is 4. The number of hydrogen-bond acceptors (Lipinski definition) is 3. The third-order valence-corrected chi connectivity index (χ3v) is 4.60. The first kappa shape index (κ1) is 14.4. The number of fused-ring (bicyclic) bond motifs is 1. The highest BCUT2D eigenvalue weighted by Gasteiger charge is 2.19. The smallest absolute Gasteiger partial charge is 0.197 e. The van der Waals surface area contributed by atoms with Crippen LogP contribution in [0.5, 0.6) is 5.75 Å². The number of thiophene rings is 1. The summed E-state index contributed by atoms with van der Waals surface area (Å²) in [7, 11) is 0. The van der Waals surface area contributed by atoms with Crippen molar-refractivity contribution < 1.29 is 9.53 Å². The van der Waals surface area contributed by atoms with E-state index in [-0.39, 0.29) is 5.78 Å². The van der Waals surface area contributed by atoms with E-state index in [0.717, 1.165) is 16.7 Å². The molecule has 0 fully saturated rings. The summed E-state index contributed by atoms with van der Waals surface area (Å²) in [5, 5.41) is 0.810. The zero-order chi connectivity index (χ0) is 15.0. The maximum atomic E-state index is 12.6. The fourth-order valence-corrected chi connectivity index (χ4v) is 3.64. The lowest BCUT2D eigenvalue weighted by Gasteiger charge is -2.03. The summed E-state index contributed by atoms with van der Waals surface area (Å²) in [6, 6.07) is 7.21. The van der Waals surface area contributed by atoms with Crippen molar-refractivity contribution in [1.29, 1.82) is 0 Å². The Morgan fingerprint density at radius 1 is 1.29 bits per heavy atom. The molecule has 0 amide bonds. The number of aromatic nitrogens is 1. The van der Waals surface area contributed by atoms with Gasteiger partial charge in [-0.1, -0.05) is 23.2 Å². The number of H-pyrrole nitrogens is 1. The van der Waals surface area contributed by atoms with Gasteiger partial charge in [-0.15, -0.1) is 11.3 Å². The highest BCUT2D eigenvalue weighted by molar-refractivity contribution is 7.20. The zero-order valence-corrected chi connectivity index (χ0v) is 13.4. The Kier molecular flexibility index (Phi) is 3.93. The van der Waals surface area contributed by atoms with Crippen molar-refractivity contribution in [2.75, 3.05) is 6.61 Å². The van der Waals surface area contributed by atoms with Gasteiger partial charge in [0, 0.05) is 22.7 Å². The molecule has 0 aliphatic heterocycles. The lowest BCUT2D eigenvalue weighted by Crippen LogP contribution is -1.99. The predicted octanol–water partition coefficient (Wildman–Crippen LogP) is 5.17. The number of carbonyl (C=O) groups is 1. The van der Waals surface area contributed by atoms with Crippen molar-refractivity contribution in [3.8, 4) is 5.75 Å². The molecule has 2 aromatic heterocycles. The summed E-state index contributed by atoms with van der Waals surface area (Å²) in [5.74, 6) is 0.580. The second-order valence-electron chi connectivity index (χ2n) is 4.41. The van der Waals surface area contributed by atoms with Crippen molar-refractivity contribution in [3.05, 3.63) is 50.3 Å². The van der Waals surface area contributed by atoms with Crippen LogP contribution in [0, 0.1) is 0 Å². The van der Waals surface area contributed by atoms with Crippen LogP contribution in [-0.4, -0.2) is 17.4 Å². The molecule has 3 rings (SSSR count). The van der Waals surface area contributed by atoms with Crippen molar-refractivity contribution in [3.63, 3.8) is 0 Å². The molecule has 1 aromatic carbocycles. The van der Waals surface area contributed by atoms with Crippen LogP contribution in [0.15, 0.2) is 30.5 Å². The molecular formula is C15H11Cl2NO2S. The average molecular weight is 340 g/mol. The van der Waals surface area contributed by atoms with Crippen molar-refractivity contribution >= 4 is 51.2 Å². The Labute approximate surface area is 135 Å². The first-order valence-electron chi connectivity index (χ1n) is 6.33. The average Bonchev–Trinajstić information content (AvgIpc) is 3.01. The molecule has 3 aromatic rings. The van der Waals surface area contributed by atoms with Gasteiger partial charge in [0.2, 0.25) is 0 Å². The van der Waals surface area contributed by atoms with Gasteiger partial charge in [0.15, 0.2) is 5.78 Å². The molecule has 0 saturated heterocycles. The number of nitrogens with one attached hydrogen (secondary N) is 1. The summed E-state index contributed by atoms with van der Waals surface area (Å²) < 4.78 is 6.38. The molecule has 0 atom stereocenters. The van der Waals surface area contributed by atoms with Crippen LogP contribution in [0.4, 0.5) is 0 Å². The number of halogens is 2. The maximum absolute atomic E-state index is 12.6. The zero-order valence-electron chi connectivity index (χ0n) is 11.1. The van der Waals surface area contributed by atoms with Crippen LogP contribution >= 0.6 is 34.5 Å². The molecule has 2 heterocycles. The number of ketones is 1. The Morgan fingerprint density at radius 3 is 2.76 bits per heavy atom. The molecule has 0 radical (unpaired) electrons. The lowest BCUT2D eigenvalue weighted by molar-refractivity contribution is 0.104. The summed E-state index contributed by atoms with van der Waals surface area (Å²) >= 11 is 13.2. The van der Waals surface area contributed by atoms with E-state index in [2.05, 4.69) is 4.98 Å². The monoisotopic (exact) mass is 339 g/mol. The summed E-state index contributed by atoms with van der Waals surface area (Å²) in [6.45, 7) is 2.49. The molecular weight excluding hydrogens is 329 g/mol. The molecule has 21 heavy (non-hydrogen) atoms. The SMILES string of the molecule is CCOc1ccc2[nH]cc(C(=O)c3cc(Cl)sc3Cl)c2c1. The molecule has 6 heteroatoms. The lowest BCUT2D eigenvalue weighted by atomic mass is 10.1. The van der Waals surface area contributed by atoms with Crippen LogP contribution < -0.4 is 4.74 Å². The number of hydrogen-bond donors (Lipinski definition) is 1. The van der Waals surface area contributed by atoms with Gasteiger partial charge in [0.1, 0.15) is 10.1 Å². The van der Waals surface area contributed by atoms with Crippen LogP contribution in [0.1, 0.15) is 22.8 Å². The Bertz CT molecular complexity index is 822. The molecule has 3 nitrogen and oxygen atoms in total. The van der Waals surface area contributed by atoms with E-state index < -0.39 is 0 Å². The third-order valence-electron chi connectivity index (χ3n) is 3.11. The topological polar surface area (TPSA) is 42.1 Å². The highest BCUT2D eigenvalue weighted by Crippen LogP contribution is 2.34. The van der Waals surface area contributed by atoms with Crippen LogP contribution in [-0.2, 0) is 0 Å². The minimum atomic E-state index is -0.150. The van der Waals surface area contributed by atoms with Gasteiger partial charge in [-0.3, -0.25) is 4.79 Å². The molecule has 108 valence electrons. The van der Waals surface area contributed by atoms with E-state index in [9.17, 15) is 4.79 Å². The van der Waals surface area contributed by atoms with E-state index in [4.69, 9.17) is 27.9 Å². The number of ether oxygens (including phenoxy) is 1. The predicted molar refractivity (Wildman–Crippen MR) is 87.2 cm³/mol. The quantitative estimate of drug-likeness (QED) is 0.666.